The molecule has 0 aliphatic carbocycles. The van der Waals surface area contributed by atoms with E-state index in [1.165, 1.54) is 12.1 Å². The molecule has 0 aliphatic heterocycles. The molecule has 0 spiro atoms. The lowest BCUT2D eigenvalue weighted by Crippen LogP contribution is -2.27. The molecule has 104 valence electrons. The van der Waals surface area contributed by atoms with E-state index in [1.807, 2.05) is 18.2 Å². The molecule has 2 rings (SSSR count). The highest BCUT2D eigenvalue weighted by atomic mass is 19.1. The Morgan fingerprint density at radius 2 is 2.00 bits per heavy atom. The predicted molar refractivity (Wildman–Crippen MR) is 74.0 cm³/mol. The van der Waals surface area contributed by atoms with Crippen molar-refractivity contribution in [1.82, 2.24) is 10.3 Å². The molecule has 0 saturated carbocycles. The first-order valence-electron chi connectivity index (χ1n) is 6.33. The summed E-state index contributed by atoms with van der Waals surface area (Å²) in [6.07, 6.45) is 1.82. The average Bonchev–Trinajstić information content (AvgIpc) is 2.47. The zero-order valence-electron chi connectivity index (χ0n) is 10.9. The molecule has 1 aromatic carbocycles. The van der Waals surface area contributed by atoms with Gasteiger partial charge < -0.3 is 11.1 Å². The van der Waals surface area contributed by atoms with Gasteiger partial charge in [-0.2, -0.15) is 0 Å². The molecule has 0 radical (unpaired) electrons. The summed E-state index contributed by atoms with van der Waals surface area (Å²) in [5, 5.41) is 2.76. The van der Waals surface area contributed by atoms with Crippen LogP contribution in [0.25, 0.3) is 0 Å². The Morgan fingerprint density at radius 1 is 1.25 bits per heavy atom. The first kappa shape index (κ1) is 14.1. The molecule has 1 amide bonds. The number of hydrogen-bond donors (Lipinski definition) is 2. The monoisotopic (exact) mass is 273 g/mol. The van der Waals surface area contributed by atoms with Gasteiger partial charge in [-0.15, -0.1) is 0 Å². The first-order chi connectivity index (χ1) is 9.65. The summed E-state index contributed by atoms with van der Waals surface area (Å²) >= 11 is 0. The maximum atomic E-state index is 12.8. The highest BCUT2D eigenvalue weighted by Gasteiger charge is 2.11. The number of amides is 1. The second-order valence-electron chi connectivity index (χ2n) is 4.46. The highest BCUT2D eigenvalue weighted by molar-refractivity contribution is 5.76. The maximum absolute atomic E-state index is 12.8. The molecule has 1 atom stereocenters. The minimum Gasteiger partial charge on any atom is -0.350 e. The third-order valence-electron chi connectivity index (χ3n) is 2.90. The molecular formula is C15H16FN3O. The Kier molecular flexibility index (Phi) is 4.79. The normalized spacial score (nSPS) is 11.9. The summed E-state index contributed by atoms with van der Waals surface area (Å²) < 4.78 is 12.8. The van der Waals surface area contributed by atoms with Gasteiger partial charge >= 0.3 is 0 Å². The van der Waals surface area contributed by atoms with Gasteiger partial charge in [-0.1, -0.05) is 18.2 Å². The van der Waals surface area contributed by atoms with E-state index in [0.717, 1.165) is 11.3 Å². The largest absolute Gasteiger partial charge is 0.350 e. The van der Waals surface area contributed by atoms with E-state index in [-0.39, 0.29) is 18.1 Å². The fraction of sp³-hybridized carbons (Fsp3) is 0.200. The van der Waals surface area contributed by atoms with Crippen LogP contribution in [0, 0.1) is 5.82 Å². The van der Waals surface area contributed by atoms with Crippen molar-refractivity contribution in [1.29, 1.82) is 0 Å². The van der Waals surface area contributed by atoms with Crippen molar-refractivity contribution in [3.63, 3.8) is 0 Å². The minimum atomic E-state index is -0.445. The van der Waals surface area contributed by atoms with Crippen molar-refractivity contribution in [2.24, 2.45) is 5.73 Å². The number of carbonyl (C=O) groups excluding carboxylic acids is 1. The van der Waals surface area contributed by atoms with E-state index in [1.54, 1.807) is 18.3 Å². The topological polar surface area (TPSA) is 68.0 Å². The number of pyridine rings is 1. The zero-order valence-corrected chi connectivity index (χ0v) is 10.9. The predicted octanol–water partition coefficient (Wildman–Crippen LogP) is 1.93. The lowest BCUT2D eigenvalue weighted by molar-refractivity contribution is -0.121. The van der Waals surface area contributed by atoms with Gasteiger partial charge in [0.1, 0.15) is 5.82 Å². The Balaban J connectivity index is 1.83. The van der Waals surface area contributed by atoms with Crippen LogP contribution in [0.4, 0.5) is 4.39 Å². The van der Waals surface area contributed by atoms with Gasteiger partial charge in [0.2, 0.25) is 5.91 Å². The van der Waals surface area contributed by atoms with E-state index in [9.17, 15) is 9.18 Å². The number of rotatable bonds is 5. The van der Waals surface area contributed by atoms with E-state index < -0.39 is 6.04 Å². The van der Waals surface area contributed by atoms with Gasteiger partial charge in [-0.3, -0.25) is 9.78 Å². The lowest BCUT2D eigenvalue weighted by atomic mass is 10.0. The Morgan fingerprint density at radius 3 is 2.65 bits per heavy atom. The molecule has 0 fully saturated rings. The molecule has 2 aromatic rings. The quantitative estimate of drug-likeness (QED) is 0.874. The number of hydrogen-bond acceptors (Lipinski definition) is 3. The second-order valence-corrected chi connectivity index (χ2v) is 4.46. The molecule has 0 bridgehead atoms. The second kappa shape index (κ2) is 6.77. The highest BCUT2D eigenvalue weighted by Crippen LogP contribution is 2.14. The van der Waals surface area contributed by atoms with Crippen LogP contribution in [0.1, 0.15) is 23.7 Å². The van der Waals surface area contributed by atoms with Crippen LogP contribution < -0.4 is 11.1 Å². The smallest absolute Gasteiger partial charge is 0.222 e. The van der Waals surface area contributed by atoms with Crippen molar-refractivity contribution in [3.05, 3.63) is 65.7 Å². The minimum absolute atomic E-state index is 0.151. The van der Waals surface area contributed by atoms with Crippen LogP contribution in [0.2, 0.25) is 0 Å². The van der Waals surface area contributed by atoms with Gasteiger partial charge in [0, 0.05) is 18.7 Å². The number of halogens is 1. The molecule has 0 aliphatic rings. The van der Waals surface area contributed by atoms with Gasteiger partial charge in [0.15, 0.2) is 0 Å². The molecule has 3 N–H and O–H groups in total. The average molecular weight is 273 g/mol. The molecule has 4 nitrogen and oxygen atoms in total. The Labute approximate surface area is 116 Å². The number of nitrogens with one attached hydrogen (secondary N) is 1. The number of nitrogens with two attached hydrogens (primary N) is 1. The molecular weight excluding hydrogens is 257 g/mol. The summed E-state index contributed by atoms with van der Waals surface area (Å²) in [5.41, 5.74) is 7.44. The first-order valence-corrected chi connectivity index (χ1v) is 6.33. The van der Waals surface area contributed by atoms with Crippen molar-refractivity contribution < 1.29 is 9.18 Å². The van der Waals surface area contributed by atoms with Crippen molar-refractivity contribution >= 4 is 5.91 Å². The summed E-state index contributed by atoms with van der Waals surface area (Å²) in [7, 11) is 0. The van der Waals surface area contributed by atoms with E-state index in [2.05, 4.69) is 10.3 Å². The van der Waals surface area contributed by atoms with Gasteiger partial charge in [-0.25, -0.2) is 4.39 Å². The standard InChI is InChI=1S/C15H16FN3O/c16-12-6-4-11(5-7-12)14(17)9-15(20)19-10-13-3-1-2-8-18-13/h1-8,14H,9-10,17H2,(H,19,20). The number of nitrogens with zero attached hydrogens (tertiary/aromatic N) is 1. The number of carbonyl (C=O) groups is 1. The van der Waals surface area contributed by atoms with Crippen LogP contribution >= 0.6 is 0 Å². The van der Waals surface area contributed by atoms with Gasteiger partial charge in [0.25, 0.3) is 0 Å². The molecule has 1 heterocycles. The summed E-state index contributed by atoms with van der Waals surface area (Å²) in [6.45, 7) is 0.371. The zero-order chi connectivity index (χ0) is 14.4. The maximum Gasteiger partial charge on any atom is 0.222 e. The number of benzene rings is 1. The third-order valence-corrected chi connectivity index (χ3v) is 2.90. The fourth-order valence-corrected chi connectivity index (χ4v) is 1.79. The SMILES string of the molecule is NC(CC(=O)NCc1ccccn1)c1ccc(F)cc1. The van der Waals surface area contributed by atoms with E-state index in [0.29, 0.717) is 6.54 Å². The summed E-state index contributed by atoms with van der Waals surface area (Å²) in [5.74, 6) is -0.479. The molecule has 1 aromatic heterocycles. The van der Waals surface area contributed by atoms with Gasteiger partial charge in [0.05, 0.1) is 12.2 Å². The van der Waals surface area contributed by atoms with E-state index >= 15 is 0 Å². The Hall–Kier alpha value is -2.27. The molecule has 1 unspecified atom stereocenters. The molecule has 20 heavy (non-hydrogen) atoms. The van der Waals surface area contributed by atoms with Crippen LogP contribution in [0.15, 0.2) is 48.7 Å². The van der Waals surface area contributed by atoms with E-state index in [4.69, 9.17) is 5.73 Å². The van der Waals surface area contributed by atoms with Crippen LogP contribution in [-0.4, -0.2) is 10.9 Å². The lowest BCUT2D eigenvalue weighted by Gasteiger charge is -2.12. The summed E-state index contributed by atoms with van der Waals surface area (Å²) in [6, 6.07) is 10.9. The van der Waals surface area contributed by atoms with Crippen molar-refractivity contribution in [3.8, 4) is 0 Å². The third kappa shape index (κ3) is 4.13. The summed E-state index contributed by atoms with van der Waals surface area (Å²) in [4.78, 5) is 15.9. The van der Waals surface area contributed by atoms with Crippen LogP contribution in [0.5, 0.6) is 0 Å². The van der Waals surface area contributed by atoms with Gasteiger partial charge in [-0.05, 0) is 29.8 Å². The fourth-order valence-electron chi connectivity index (χ4n) is 1.79. The molecule has 5 heteroatoms. The van der Waals surface area contributed by atoms with Crippen molar-refractivity contribution in [2.45, 2.75) is 19.0 Å². The molecule has 0 saturated heterocycles. The number of aromatic nitrogens is 1. The Bertz CT molecular complexity index is 557. The van der Waals surface area contributed by atoms with Crippen LogP contribution in [-0.2, 0) is 11.3 Å². The van der Waals surface area contributed by atoms with Crippen molar-refractivity contribution in [2.75, 3.05) is 0 Å². The van der Waals surface area contributed by atoms with Crippen LogP contribution in [0.3, 0.4) is 0 Å².